The van der Waals surface area contributed by atoms with Gasteiger partial charge in [0.25, 0.3) is 5.91 Å². The molecule has 118 valence electrons. The van der Waals surface area contributed by atoms with E-state index in [4.69, 9.17) is 5.73 Å². The monoisotopic (exact) mass is 326 g/mol. The van der Waals surface area contributed by atoms with E-state index in [9.17, 15) is 4.79 Å². The summed E-state index contributed by atoms with van der Waals surface area (Å²) < 4.78 is 1.06. The molecule has 23 heavy (non-hydrogen) atoms. The fraction of sp³-hybridized carbons (Fsp3) is 0.176. The Morgan fingerprint density at radius 2 is 2.13 bits per heavy atom. The maximum absolute atomic E-state index is 11.9. The number of thiazole rings is 1. The predicted molar refractivity (Wildman–Crippen MR) is 95.8 cm³/mol. The summed E-state index contributed by atoms with van der Waals surface area (Å²) in [7, 11) is 0. The summed E-state index contributed by atoms with van der Waals surface area (Å²) in [5.41, 5.74) is 9.16. The van der Waals surface area contributed by atoms with Gasteiger partial charge in [0.2, 0.25) is 0 Å². The SMILES string of the molecule is CCNC(=O)c1cccc(CNc2nc3ccc(N)cc3s2)c1. The van der Waals surface area contributed by atoms with E-state index in [1.165, 1.54) is 0 Å². The average Bonchev–Trinajstić information content (AvgIpc) is 2.95. The lowest BCUT2D eigenvalue weighted by Gasteiger charge is -2.06. The lowest BCUT2D eigenvalue weighted by molar-refractivity contribution is 0.0955. The summed E-state index contributed by atoms with van der Waals surface area (Å²) in [4.78, 5) is 16.4. The van der Waals surface area contributed by atoms with Crippen molar-refractivity contribution in [2.24, 2.45) is 0 Å². The van der Waals surface area contributed by atoms with E-state index in [1.54, 1.807) is 11.3 Å². The van der Waals surface area contributed by atoms with Crippen molar-refractivity contribution < 1.29 is 4.79 Å². The molecule has 6 heteroatoms. The molecule has 0 aliphatic rings. The van der Waals surface area contributed by atoms with Gasteiger partial charge in [0.15, 0.2) is 5.13 Å². The number of hydrogen-bond acceptors (Lipinski definition) is 5. The highest BCUT2D eigenvalue weighted by Gasteiger charge is 2.06. The minimum absolute atomic E-state index is 0.0511. The number of aromatic nitrogens is 1. The van der Waals surface area contributed by atoms with Crippen LogP contribution in [-0.2, 0) is 6.54 Å². The van der Waals surface area contributed by atoms with Crippen LogP contribution in [0.2, 0.25) is 0 Å². The third-order valence-corrected chi connectivity index (χ3v) is 4.36. The molecule has 3 aromatic rings. The fourth-order valence-corrected chi connectivity index (χ4v) is 3.19. The molecule has 1 heterocycles. The number of hydrogen-bond donors (Lipinski definition) is 3. The second-order valence-corrected chi connectivity index (χ2v) is 6.19. The van der Waals surface area contributed by atoms with Gasteiger partial charge in [0, 0.05) is 24.3 Å². The number of benzene rings is 2. The third-order valence-electron chi connectivity index (χ3n) is 3.38. The highest BCUT2D eigenvalue weighted by Crippen LogP contribution is 2.27. The first-order valence-corrected chi connectivity index (χ1v) is 8.24. The minimum Gasteiger partial charge on any atom is -0.399 e. The number of carbonyl (C=O) groups is 1. The zero-order valence-electron chi connectivity index (χ0n) is 12.8. The summed E-state index contributed by atoms with van der Waals surface area (Å²) in [5, 5.41) is 6.95. The third kappa shape index (κ3) is 3.60. The van der Waals surface area contributed by atoms with Gasteiger partial charge in [-0.15, -0.1) is 0 Å². The van der Waals surface area contributed by atoms with Crippen LogP contribution in [0.15, 0.2) is 42.5 Å². The molecular formula is C17H18N4OS. The Kier molecular flexibility index (Phi) is 4.43. The molecule has 1 aromatic heterocycles. The van der Waals surface area contributed by atoms with Gasteiger partial charge in [-0.3, -0.25) is 4.79 Å². The van der Waals surface area contributed by atoms with Crippen molar-refractivity contribution in [3.63, 3.8) is 0 Å². The van der Waals surface area contributed by atoms with E-state index < -0.39 is 0 Å². The lowest BCUT2D eigenvalue weighted by Crippen LogP contribution is -2.22. The average molecular weight is 326 g/mol. The van der Waals surface area contributed by atoms with E-state index in [1.807, 2.05) is 49.4 Å². The molecule has 0 aliphatic carbocycles. The van der Waals surface area contributed by atoms with Crippen LogP contribution in [-0.4, -0.2) is 17.4 Å². The van der Waals surface area contributed by atoms with Crippen LogP contribution in [0.3, 0.4) is 0 Å². The largest absolute Gasteiger partial charge is 0.399 e. The molecule has 0 unspecified atom stereocenters. The second kappa shape index (κ2) is 6.66. The van der Waals surface area contributed by atoms with Gasteiger partial charge in [-0.1, -0.05) is 23.5 Å². The van der Waals surface area contributed by atoms with Crippen LogP contribution >= 0.6 is 11.3 Å². The van der Waals surface area contributed by atoms with E-state index in [0.29, 0.717) is 18.7 Å². The number of amides is 1. The first kappa shape index (κ1) is 15.3. The highest BCUT2D eigenvalue weighted by atomic mass is 32.1. The number of carbonyl (C=O) groups excluding carboxylic acids is 1. The van der Waals surface area contributed by atoms with Crippen LogP contribution in [0.4, 0.5) is 10.8 Å². The molecule has 1 amide bonds. The molecule has 0 bridgehead atoms. The van der Waals surface area contributed by atoms with Gasteiger partial charge in [-0.05, 0) is 42.8 Å². The van der Waals surface area contributed by atoms with Gasteiger partial charge in [0.05, 0.1) is 10.2 Å². The van der Waals surface area contributed by atoms with Crippen molar-refractivity contribution in [1.82, 2.24) is 10.3 Å². The maximum atomic E-state index is 11.9. The Morgan fingerprint density at radius 1 is 1.26 bits per heavy atom. The Hall–Kier alpha value is -2.60. The van der Waals surface area contributed by atoms with E-state index in [-0.39, 0.29) is 5.91 Å². The quantitative estimate of drug-likeness (QED) is 0.629. The van der Waals surface area contributed by atoms with Crippen molar-refractivity contribution in [1.29, 1.82) is 0 Å². The normalized spacial score (nSPS) is 10.7. The number of nitrogens with zero attached hydrogens (tertiary/aromatic N) is 1. The van der Waals surface area contributed by atoms with Crippen molar-refractivity contribution in [3.05, 3.63) is 53.6 Å². The summed E-state index contributed by atoms with van der Waals surface area (Å²) >= 11 is 1.57. The number of rotatable bonds is 5. The van der Waals surface area contributed by atoms with Gasteiger partial charge in [-0.2, -0.15) is 0 Å². The van der Waals surface area contributed by atoms with Gasteiger partial charge in [-0.25, -0.2) is 4.98 Å². The first-order valence-electron chi connectivity index (χ1n) is 7.43. The molecule has 3 rings (SSSR count). The van der Waals surface area contributed by atoms with Crippen LogP contribution in [0.25, 0.3) is 10.2 Å². The molecule has 5 nitrogen and oxygen atoms in total. The Balaban J connectivity index is 1.71. The summed E-state index contributed by atoms with van der Waals surface area (Å²) in [6.07, 6.45) is 0. The van der Waals surface area contributed by atoms with Crippen LogP contribution in [0.1, 0.15) is 22.8 Å². The van der Waals surface area contributed by atoms with Gasteiger partial charge in [0.1, 0.15) is 0 Å². The summed E-state index contributed by atoms with van der Waals surface area (Å²) in [5.74, 6) is -0.0511. The zero-order valence-corrected chi connectivity index (χ0v) is 13.6. The van der Waals surface area contributed by atoms with E-state index in [2.05, 4.69) is 15.6 Å². The molecular weight excluding hydrogens is 308 g/mol. The number of anilines is 2. The Labute approximate surface area is 138 Å². The summed E-state index contributed by atoms with van der Waals surface area (Å²) in [6.45, 7) is 3.14. The van der Waals surface area contributed by atoms with Crippen LogP contribution < -0.4 is 16.4 Å². The van der Waals surface area contributed by atoms with Crippen LogP contribution in [0.5, 0.6) is 0 Å². The first-order chi connectivity index (χ1) is 11.2. The van der Waals surface area contributed by atoms with Crippen LogP contribution in [0, 0.1) is 0 Å². The summed E-state index contributed by atoms with van der Waals surface area (Å²) in [6, 6.07) is 13.3. The molecule has 0 saturated carbocycles. The molecule has 4 N–H and O–H groups in total. The van der Waals surface area contributed by atoms with Crippen molar-refractivity contribution in [2.45, 2.75) is 13.5 Å². The zero-order chi connectivity index (χ0) is 16.2. The van der Waals surface area contributed by atoms with Crippen molar-refractivity contribution in [3.8, 4) is 0 Å². The van der Waals surface area contributed by atoms with E-state index >= 15 is 0 Å². The van der Waals surface area contributed by atoms with Crippen molar-refractivity contribution in [2.75, 3.05) is 17.6 Å². The number of fused-ring (bicyclic) bond motifs is 1. The number of nitrogens with two attached hydrogens (primary N) is 1. The molecule has 0 fully saturated rings. The molecule has 0 radical (unpaired) electrons. The highest BCUT2D eigenvalue weighted by molar-refractivity contribution is 7.22. The molecule has 2 aromatic carbocycles. The molecule has 0 saturated heterocycles. The fourth-order valence-electron chi connectivity index (χ4n) is 2.28. The molecule has 0 atom stereocenters. The van der Waals surface area contributed by atoms with Crippen molar-refractivity contribution >= 4 is 38.3 Å². The van der Waals surface area contributed by atoms with E-state index in [0.717, 1.165) is 26.6 Å². The lowest BCUT2D eigenvalue weighted by atomic mass is 10.1. The maximum Gasteiger partial charge on any atom is 0.251 e. The number of nitrogen functional groups attached to an aromatic ring is 1. The standard InChI is InChI=1S/C17H18N4OS/c1-2-19-16(22)12-5-3-4-11(8-12)10-20-17-21-14-7-6-13(18)9-15(14)23-17/h3-9H,2,10,18H2,1H3,(H,19,22)(H,20,21). The molecule has 0 spiro atoms. The van der Waals surface area contributed by atoms with Gasteiger partial charge < -0.3 is 16.4 Å². The minimum atomic E-state index is -0.0511. The number of nitrogens with one attached hydrogen (secondary N) is 2. The Morgan fingerprint density at radius 3 is 2.96 bits per heavy atom. The predicted octanol–water partition coefficient (Wildman–Crippen LogP) is 3.24. The smallest absolute Gasteiger partial charge is 0.251 e. The Bertz CT molecular complexity index is 843. The van der Waals surface area contributed by atoms with Gasteiger partial charge >= 0.3 is 0 Å². The topological polar surface area (TPSA) is 80.0 Å². The molecule has 0 aliphatic heterocycles. The second-order valence-electron chi connectivity index (χ2n) is 5.16.